The molecule has 0 aromatic heterocycles. The number of hydrogen-bond donors (Lipinski definition) is 2. The summed E-state index contributed by atoms with van der Waals surface area (Å²) in [7, 11) is 1.33. The molecule has 0 bridgehead atoms. The van der Waals surface area contributed by atoms with Crippen LogP contribution in [0.4, 0.5) is 5.69 Å². The van der Waals surface area contributed by atoms with E-state index in [1.807, 2.05) is 31.2 Å². The first-order chi connectivity index (χ1) is 9.92. The molecule has 3 N–H and O–H groups in total. The number of rotatable bonds is 7. The molecule has 0 aliphatic carbocycles. The van der Waals surface area contributed by atoms with Crippen LogP contribution < -0.4 is 11.1 Å². The fourth-order valence-corrected chi connectivity index (χ4v) is 2.32. The van der Waals surface area contributed by atoms with Gasteiger partial charge in [-0.05, 0) is 31.4 Å². The number of nitrogens with two attached hydrogens (primary N) is 1. The zero-order valence-electron chi connectivity index (χ0n) is 12.9. The lowest BCUT2D eigenvalue weighted by atomic mass is 9.95. The van der Waals surface area contributed by atoms with Crippen LogP contribution in [0.3, 0.4) is 0 Å². The maximum Gasteiger partial charge on any atom is 0.331 e. The molecule has 1 unspecified atom stereocenters. The van der Waals surface area contributed by atoms with Gasteiger partial charge in [0.25, 0.3) is 0 Å². The van der Waals surface area contributed by atoms with Gasteiger partial charge in [-0.2, -0.15) is 0 Å². The molecule has 1 aromatic rings. The van der Waals surface area contributed by atoms with E-state index in [2.05, 4.69) is 5.32 Å². The summed E-state index contributed by atoms with van der Waals surface area (Å²) in [6, 6.07) is 7.45. The second kappa shape index (κ2) is 7.67. The standard InChI is InChI=1S/C16H24N2O3/c1-4-11-16(2,15(20)21-3)18-14(19)10-9-12-7-5-6-8-13(12)17/h5-8H,4,9-11,17H2,1-3H3,(H,18,19). The van der Waals surface area contributed by atoms with Gasteiger partial charge < -0.3 is 15.8 Å². The van der Waals surface area contributed by atoms with Crippen molar-refractivity contribution in [3.63, 3.8) is 0 Å². The first kappa shape index (κ1) is 17.0. The molecular formula is C16H24N2O3. The number of aryl methyl sites for hydroxylation is 1. The number of methoxy groups -OCH3 is 1. The van der Waals surface area contributed by atoms with E-state index in [9.17, 15) is 9.59 Å². The molecular weight excluding hydrogens is 268 g/mol. The van der Waals surface area contributed by atoms with Gasteiger partial charge in [-0.1, -0.05) is 31.5 Å². The monoisotopic (exact) mass is 292 g/mol. The van der Waals surface area contributed by atoms with Crippen LogP contribution >= 0.6 is 0 Å². The Morgan fingerprint density at radius 1 is 1.33 bits per heavy atom. The number of nitrogens with one attached hydrogen (secondary N) is 1. The van der Waals surface area contributed by atoms with Crippen molar-refractivity contribution in [2.75, 3.05) is 12.8 Å². The lowest BCUT2D eigenvalue weighted by Gasteiger charge is -2.27. The van der Waals surface area contributed by atoms with Crippen molar-refractivity contribution in [1.29, 1.82) is 0 Å². The third-order valence-electron chi connectivity index (χ3n) is 3.48. The molecule has 0 fully saturated rings. The van der Waals surface area contributed by atoms with E-state index in [1.165, 1.54) is 7.11 Å². The largest absolute Gasteiger partial charge is 0.467 e. The number of carbonyl (C=O) groups excluding carboxylic acids is 2. The van der Waals surface area contributed by atoms with Crippen LogP contribution in [0.25, 0.3) is 0 Å². The summed E-state index contributed by atoms with van der Waals surface area (Å²) in [6.07, 6.45) is 2.14. The van der Waals surface area contributed by atoms with Crippen molar-refractivity contribution in [2.24, 2.45) is 0 Å². The van der Waals surface area contributed by atoms with Crippen LogP contribution in [0.15, 0.2) is 24.3 Å². The summed E-state index contributed by atoms with van der Waals surface area (Å²) in [5, 5.41) is 2.78. The number of para-hydroxylation sites is 1. The van der Waals surface area contributed by atoms with Gasteiger partial charge in [0.05, 0.1) is 7.11 Å². The van der Waals surface area contributed by atoms with E-state index >= 15 is 0 Å². The predicted octanol–water partition coefficient (Wildman–Crippen LogP) is 2.05. The summed E-state index contributed by atoms with van der Waals surface area (Å²) in [4.78, 5) is 23.9. The fraction of sp³-hybridized carbons (Fsp3) is 0.500. The minimum atomic E-state index is -0.969. The Labute approximate surface area is 125 Å². The number of benzene rings is 1. The average Bonchev–Trinajstić information content (AvgIpc) is 2.45. The van der Waals surface area contributed by atoms with Crippen LogP contribution in [0.2, 0.25) is 0 Å². The van der Waals surface area contributed by atoms with Crippen molar-refractivity contribution in [3.8, 4) is 0 Å². The first-order valence-corrected chi connectivity index (χ1v) is 7.15. The SMILES string of the molecule is CCCC(C)(NC(=O)CCc1ccccc1N)C(=O)OC. The van der Waals surface area contributed by atoms with Crippen LogP contribution in [0.1, 0.15) is 38.7 Å². The van der Waals surface area contributed by atoms with E-state index < -0.39 is 11.5 Å². The van der Waals surface area contributed by atoms with E-state index in [-0.39, 0.29) is 12.3 Å². The quantitative estimate of drug-likeness (QED) is 0.595. The molecule has 5 nitrogen and oxygen atoms in total. The number of carbonyl (C=O) groups is 2. The van der Waals surface area contributed by atoms with Gasteiger partial charge in [0.15, 0.2) is 0 Å². The lowest BCUT2D eigenvalue weighted by Crippen LogP contribution is -2.52. The predicted molar refractivity (Wildman–Crippen MR) is 82.6 cm³/mol. The summed E-state index contributed by atoms with van der Waals surface area (Å²) in [6.45, 7) is 3.65. The van der Waals surface area contributed by atoms with Crippen LogP contribution in [0, 0.1) is 0 Å². The smallest absolute Gasteiger partial charge is 0.331 e. The van der Waals surface area contributed by atoms with Crippen LogP contribution in [-0.4, -0.2) is 24.5 Å². The average molecular weight is 292 g/mol. The third kappa shape index (κ3) is 4.77. The number of anilines is 1. The molecule has 0 aliphatic heterocycles. The first-order valence-electron chi connectivity index (χ1n) is 7.15. The minimum Gasteiger partial charge on any atom is -0.467 e. The molecule has 0 saturated carbocycles. The Bertz CT molecular complexity index is 502. The molecule has 116 valence electrons. The molecule has 1 atom stereocenters. The van der Waals surface area contributed by atoms with Crippen LogP contribution in [0.5, 0.6) is 0 Å². The highest BCUT2D eigenvalue weighted by Gasteiger charge is 2.34. The van der Waals surface area contributed by atoms with Crippen molar-refractivity contribution < 1.29 is 14.3 Å². The maximum atomic E-state index is 12.1. The molecule has 5 heteroatoms. The van der Waals surface area contributed by atoms with Gasteiger partial charge in [0.2, 0.25) is 5.91 Å². The van der Waals surface area contributed by atoms with Crippen molar-refractivity contribution in [3.05, 3.63) is 29.8 Å². The van der Waals surface area contributed by atoms with Crippen LogP contribution in [-0.2, 0) is 20.7 Å². The maximum absolute atomic E-state index is 12.1. The summed E-state index contributed by atoms with van der Waals surface area (Å²) in [5.74, 6) is -0.600. The summed E-state index contributed by atoms with van der Waals surface area (Å²) < 4.78 is 4.78. The second-order valence-corrected chi connectivity index (χ2v) is 5.32. The van der Waals surface area contributed by atoms with Gasteiger partial charge in [0.1, 0.15) is 5.54 Å². The molecule has 21 heavy (non-hydrogen) atoms. The molecule has 1 rings (SSSR count). The lowest BCUT2D eigenvalue weighted by molar-refractivity contribution is -0.150. The molecule has 0 spiro atoms. The van der Waals surface area contributed by atoms with Gasteiger partial charge in [-0.25, -0.2) is 4.79 Å². The highest BCUT2D eigenvalue weighted by molar-refractivity contribution is 5.87. The van der Waals surface area contributed by atoms with Crippen molar-refractivity contribution >= 4 is 17.6 Å². The molecule has 1 aromatic carbocycles. The van der Waals surface area contributed by atoms with Gasteiger partial charge in [-0.15, -0.1) is 0 Å². The van der Waals surface area contributed by atoms with Crippen molar-refractivity contribution in [1.82, 2.24) is 5.32 Å². The Hall–Kier alpha value is -2.04. The zero-order valence-corrected chi connectivity index (χ0v) is 12.9. The highest BCUT2D eigenvalue weighted by atomic mass is 16.5. The van der Waals surface area contributed by atoms with E-state index in [0.717, 1.165) is 12.0 Å². The topological polar surface area (TPSA) is 81.4 Å². The Morgan fingerprint density at radius 2 is 2.00 bits per heavy atom. The van der Waals surface area contributed by atoms with Gasteiger partial charge >= 0.3 is 5.97 Å². The third-order valence-corrected chi connectivity index (χ3v) is 3.48. The number of ether oxygens (including phenoxy) is 1. The molecule has 0 radical (unpaired) electrons. The number of esters is 1. The Balaban J connectivity index is 2.63. The molecule has 1 amide bonds. The number of nitrogen functional groups attached to an aromatic ring is 1. The van der Waals surface area contributed by atoms with Gasteiger partial charge in [-0.3, -0.25) is 4.79 Å². The Kier molecular flexibility index (Phi) is 6.21. The van der Waals surface area contributed by atoms with Gasteiger partial charge in [0, 0.05) is 12.1 Å². The minimum absolute atomic E-state index is 0.181. The Morgan fingerprint density at radius 3 is 2.57 bits per heavy atom. The number of amides is 1. The second-order valence-electron chi connectivity index (χ2n) is 5.32. The number of hydrogen-bond acceptors (Lipinski definition) is 4. The van der Waals surface area contributed by atoms with E-state index in [4.69, 9.17) is 10.5 Å². The normalized spacial score (nSPS) is 13.3. The van der Waals surface area contributed by atoms with E-state index in [1.54, 1.807) is 6.92 Å². The highest BCUT2D eigenvalue weighted by Crippen LogP contribution is 2.16. The molecule has 0 aliphatic rings. The zero-order chi connectivity index (χ0) is 15.9. The molecule has 0 heterocycles. The van der Waals surface area contributed by atoms with Crippen molar-refractivity contribution in [2.45, 2.75) is 45.1 Å². The summed E-state index contributed by atoms with van der Waals surface area (Å²) >= 11 is 0. The van der Waals surface area contributed by atoms with E-state index in [0.29, 0.717) is 18.5 Å². The molecule has 0 saturated heterocycles. The summed E-state index contributed by atoms with van der Waals surface area (Å²) in [5.41, 5.74) is 6.49. The fourth-order valence-electron chi connectivity index (χ4n) is 2.32.